The average molecular weight is 255 g/mol. The molecule has 2 heterocycles. The largest absolute Gasteiger partial charge is 0.333 e. The fraction of sp³-hybridized carbons (Fsp3) is 0.467. The molecule has 1 aromatic carbocycles. The first-order chi connectivity index (χ1) is 9.19. The first kappa shape index (κ1) is 12.2. The Bertz CT molecular complexity index is 517. The second-order valence-corrected chi connectivity index (χ2v) is 5.52. The molecule has 0 aromatic heterocycles. The van der Waals surface area contributed by atoms with Crippen molar-refractivity contribution in [2.24, 2.45) is 5.73 Å². The third-order valence-electron chi connectivity index (χ3n) is 4.27. The van der Waals surface area contributed by atoms with Crippen molar-refractivity contribution in [1.82, 2.24) is 4.90 Å². The van der Waals surface area contributed by atoms with Crippen molar-refractivity contribution in [3.8, 4) is 6.07 Å². The minimum absolute atomic E-state index is 0.0869. The molecule has 0 saturated carbocycles. The number of amides is 1. The molecule has 4 nitrogen and oxygen atoms in total. The fourth-order valence-electron chi connectivity index (χ4n) is 3.39. The van der Waals surface area contributed by atoms with Crippen LogP contribution in [0.1, 0.15) is 41.6 Å². The Labute approximate surface area is 112 Å². The number of nitrogens with two attached hydrogens (primary N) is 1. The van der Waals surface area contributed by atoms with Gasteiger partial charge in [0.05, 0.1) is 11.6 Å². The van der Waals surface area contributed by atoms with Gasteiger partial charge in [-0.05, 0) is 49.9 Å². The molecular formula is C15H17N3O. The lowest BCUT2D eigenvalue weighted by molar-refractivity contribution is 0.0575. The number of fused-ring (bicyclic) bond motifs is 2. The molecule has 19 heavy (non-hydrogen) atoms. The van der Waals surface area contributed by atoms with Crippen molar-refractivity contribution in [2.45, 2.75) is 43.8 Å². The lowest BCUT2D eigenvalue weighted by atomic mass is 9.97. The van der Waals surface area contributed by atoms with Crippen LogP contribution in [0.2, 0.25) is 0 Å². The van der Waals surface area contributed by atoms with Gasteiger partial charge in [-0.2, -0.15) is 5.26 Å². The van der Waals surface area contributed by atoms with E-state index in [2.05, 4.69) is 6.07 Å². The molecule has 2 saturated heterocycles. The molecule has 0 aliphatic carbocycles. The Balaban J connectivity index is 1.82. The summed E-state index contributed by atoms with van der Waals surface area (Å²) in [6.45, 7) is 0. The second-order valence-electron chi connectivity index (χ2n) is 5.52. The SMILES string of the molecule is N#Cc1ccc(C(=O)N2C3CCC2CC(N)C3)cc1. The Morgan fingerprint density at radius 3 is 2.32 bits per heavy atom. The Morgan fingerprint density at radius 2 is 1.79 bits per heavy atom. The van der Waals surface area contributed by atoms with E-state index in [4.69, 9.17) is 11.0 Å². The Hall–Kier alpha value is -1.86. The summed E-state index contributed by atoms with van der Waals surface area (Å²) < 4.78 is 0. The number of nitrogens with zero attached hydrogens (tertiary/aromatic N) is 2. The van der Waals surface area contributed by atoms with Crippen LogP contribution in [0.5, 0.6) is 0 Å². The second kappa shape index (κ2) is 4.67. The van der Waals surface area contributed by atoms with Crippen LogP contribution in [-0.2, 0) is 0 Å². The summed E-state index contributed by atoms with van der Waals surface area (Å²) in [6.07, 6.45) is 3.97. The van der Waals surface area contributed by atoms with Crippen LogP contribution in [0, 0.1) is 11.3 Å². The van der Waals surface area contributed by atoms with E-state index < -0.39 is 0 Å². The highest BCUT2D eigenvalue weighted by molar-refractivity contribution is 5.95. The van der Waals surface area contributed by atoms with Crippen molar-refractivity contribution in [1.29, 1.82) is 5.26 Å². The van der Waals surface area contributed by atoms with E-state index >= 15 is 0 Å². The first-order valence-corrected chi connectivity index (χ1v) is 6.77. The molecule has 4 heteroatoms. The topological polar surface area (TPSA) is 70.1 Å². The maximum Gasteiger partial charge on any atom is 0.254 e. The van der Waals surface area contributed by atoms with E-state index in [1.54, 1.807) is 24.3 Å². The summed E-state index contributed by atoms with van der Waals surface area (Å²) in [6, 6.07) is 9.80. The summed E-state index contributed by atoms with van der Waals surface area (Å²) in [5.74, 6) is 0.0869. The van der Waals surface area contributed by atoms with E-state index in [0.29, 0.717) is 23.2 Å². The monoisotopic (exact) mass is 255 g/mol. The molecule has 0 spiro atoms. The predicted molar refractivity (Wildman–Crippen MR) is 71.3 cm³/mol. The van der Waals surface area contributed by atoms with Crippen molar-refractivity contribution >= 4 is 5.91 Å². The van der Waals surface area contributed by atoms with Crippen LogP contribution < -0.4 is 5.73 Å². The third kappa shape index (κ3) is 2.11. The third-order valence-corrected chi connectivity index (χ3v) is 4.27. The molecule has 98 valence electrons. The zero-order chi connectivity index (χ0) is 13.4. The summed E-state index contributed by atoms with van der Waals surface area (Å²) in [7, 11) is 0. The van der Waals surface area contributed by atoms with E-state index in [9.17, 15) is 4.79 Å². The average Bonchev–Trinajstić information content (AvgIpc) is 2.70. The quantitative estimate of drug-likeness (QED) is 0.829. The molecule has 2 aliphatic rings. The smallest absolute Gasteiger partial charge is 0.254 e. The number of nitriles is 1. The molecule has 2 aliphatic heterocycles. The Morgan fingerprint density at radius 1 is 1.21 bits per heavy atom. The maximum absolute atomic E-state index is 12.6. The van der Waals surface area contributed by atoms with Gasteiger partial charge in [0, 0.05) is 23.7 Å². The van der Waals surface area contributed by atoms with Gasteiger partial charge >= 0.3 is 0 Å². The lowest BCUT2D eigenvalue weighted by Crippen LogP contribution is -2.50. The van der Waals surface area contributed by atoms with Gasteiger partial charge in [0.2, 0.25) is 0 Å². The van der Waals surface area contributed by atoms with Crippen molar-refractivity contribution in [3.05, 3.63) is 35.4 Å². The van der Waals surface area contributed by atoms with Gasteiger partial charge in [-0.25, -0.2) is 0 Å². The molecule has 1 amide bonds. The molecule has 2 fully saturated rings. The van der Waals surface area contributed by atoms with Crippen LogP contribution in [0.15, 0.2) is 24.3 Å². The van der Waals surface area contributed by atoms with Crippen molar-refractivity contribution in [3.63, 3.8) is 0 Å². The highest BCUT2D eigenvalue weighted by Crippen LogP contribution is 2.36. The van der Waals surface area contributed by atoms with Crippen molar-refractivity contribution < 1.29 is 4.79 Å². The van der Waals surface area contributed by atoms with Gasteiger partial charge < -0.3 is 10.6 Å². The van der Waals surface area contributed by atoms with Gasteiger partial charge in [-0.1, -0.05) is 0 Å². The number of benzene rings is 1. The summed E-state index contributed by atoms with van der Waals surface area (Å²) in [5.41, 5.74) is 7.28. The minimum Gasteiger partial charge on any atom is -0.333 e. The fourth-order valence-corrected chi connectivity index (χ4v) is 3.39. The van der Waals surface area contributed by atoms with Crippen LogP contribution >= 0.6 is 0 Å². The molecule has 0 radical (unpaired) electrons. The Kier molecular flexibility index (Phi) is 3.00. The molecule has 1 aromatic rings. The number of hydrogen-bond acceptors (Lipinski definition) is 3. The molecule has 3 rings (SSSR count). The highest BCUT2D eigenvalue weighted by Gasteiger charge is 2.42. The maximum atomic E-state index is 12.6. The summed E-state index contributed by atoms with van der Waals surface area (Å²) >= 11 is 0. The van der Waals surface area contributed by atoms with Crippen LogP contribution in [0.25, 0.3) is 0 Å². The normalized spacial score (nSPS) is 29.1. The number of hydrogen-bond donors (Lipinski definition) is 1. The molecule has 2 N–H and O–H groups in total. The number of rotatable bonds is 1. The zero-order valence-corrected chi connectivity index (χ0v) is 10.7. The van der Waals surface area contributed by atoms with Crippen LogP contribution in [0.3, 0.4) is 0 Å². The van der Waals surface area contributed by atoms with Crippen LogP contribution in [-0.4, -0.2) is 28.9 Å². The number of carbonyl (C=O) groups excluding carboxylic acids is 1. The summed E-state index contributed by atoms with van der Waals surface area (Å²) in [5, 5.41) is 8.78. The van der Waals surface area contributed by atoms with E-state index in [-0.39, 0.29) is 11.9 Å². The van der Waals surface area contributed by atoms with Gasteiger partial charge in [0.1, 0.15) is 0 Å². The highest BCUT2D eigenvalue weighted by atomic mass is 16.2. The van der Waals surface area contributed by atoms with E-state index in [1.165, 1.54) is 0 Å². The lowest BCUT2D eigenvalue weighted by Gasteiger charge is -2.37. The standard InChI is InChI=1S/C15H17N3O/c16-9-10-1-3-11(4-2-10)15(19)18-13-5-6-14(18)8-12(17)7-13/h1-4,12-14H,5-8,17H2. The molecular weight excluding hydrogens is 238 g/mol. The minimum atomic E-state index is 0.0869. The molecule has 2 bridgehead atoms. The molecule has 2 unspecified atom stereocenters. The van der Waals surface area contributed by atoms with Crippen molar-refractivity contribution in [2.75, 3.05) is 0 Å². The predicted octanol–water partition coefficient (Wildman–Crippen LogP) is 1.65. The van der Waals surface area contributed by atoms with Crippen LogP contribution in [0.4, 0.5) is 0 Å². The van der Waals surface area contributed by atoms with Gasteiger partial charge in [0.15, 0.2) is 0 Å². The van der Waals surface area contributed by atoms with Gasteiger partial charge in [0.25, 0.3) is 5.91 Å². The summed E-state index contributed by atoms with van der Waals surface area (Å²) in [4.78, 5) is 14.6. The number of carbonyl (C=O) groups is 1. The van der Waals surface area contributed by atoms with E-state index in [0.717, 1.165) is 25.7 Å². The van der Waals surface area contributed by atoms with Gasteiger partial charge in [-0.15, -0.1) is 0 Å². The number of piperidine rings is 1. The van der Waals surface area contributed by atoms with Gasteiger partial charge in [-0.3, -0.25) is 4.79 Å². The zero-order valence-electron chi connectivity index (χ0n) is 10.7. The first-order valence-electron chi connectivity index (χ1n) is 6.77. The molecule has 2 atom stereocenters. The van der Waals surface area contributed by atoms with E-state index in [1.807, 2.05) is 4.90 Å².